The van der Waals surface area contributed by atoms with Crippen LogP contribution in [0.4, 0.5) is 5.13 Å². The van der Waals surface area contributed by atoms with Crippen LogP contribution in [0.1, 0.15) is 40.7 Å². The van der Waals surface area contributed by atoms with Gasteiger partial charge in [0.25, 0.3) is 5.91 Å². The molecule has 2 aliphatic rings. The number of carbonyl (C=O) groups excluding carboxylic acids is 2. The highest BCUT2D eigenvalue weighted by atomic mass is 32.1. The van der Waals surface area contributed by atoms with Gasteiger partial charge in [0.1, 0.15) is 5.75 Å². The maximum absolute atomic E-state index is 12.7. The molecule has 3 heterocycles. The van der Waals surface area contributed by atoms with E-state index in [0.29, 0.717) is 41.0 Å². The molecular weight excluding hydrogens is 464 g/mol. The Morgan fingerprint density at radius 1 is 1.26 bits per heavy atom. The zero-order valence-corrected chi connectivity index (χ0v) is 20.0. The number of anilines is 1. The summed E-state index contributed by atoms with van der Waals surface area (Å²) in [4.78, 5) is 29.6. The van der Waals surface area contributed by atoms with Crippen molar-refractivity contribution in [2.75, 3.05) is 31.7 Å². The molecular formula is C26H24N4O4S. The SMILES string of the molecule is C[C@@]1(C#N)CCOc2ccc(C(=O)NCC(=O)Nc3nc(-c4cccc(C5COC5)c4)cs3)cc21. The van der Waals surface area contributed by atoms with Crippen LogP contribution in [0.15, 0.2) is 47.8 Å². The minimum atomic E-state index is -0.713. The topological polar surface area (TPSA) is 113 Å². The minimum absolute atomic E-state index is 0.200. The average Bonchev–Trinajstić information content (AvgIpc) is 3.30. The number of nitriles is 1. The predicted octanol–water partition coefficient (Wildman–Crippen LogP) is 3.86. The molecule has 0 radical (unpaired) electrons. The van der Waals surface area contributed by atoms with Crippen LogP contribution in [-0.4, -0.2) is 43.2 Å². The molecule has 2 aromatic carbocycles. The number of amides is 2. The van der Waals surface area contributed by atoms with Crippen molar-refractivity contribution in [1.29, 1.82) is 5.26 Å². The van der Waals surface area contributed by atoms with Gasteiger partial charge in [0.05, 0.1) is 43.5 Å². The lowest BCUT2D eigenvalue weighted by molar-refractivity contribution is -0.115. The van der Waals surface area contributed by atoms with Gasteiger partial charge in [-0.3, -0.25) is 9.59 Å². The van der Waals surface area contributed by atoms with E-state index in [1.807, 2.05) is 24.4 Å². The molecule has 1 saturated heterocycles. The fraction of sp³-hybridized carbons (Fsp3) is 0.308. The van der Waals surface area contributed by atoms with Gasteiger partial charge >= 0.3 is 0 Å². The van der Waals surface area contributed by atoms with Gasteiger partial charge in [0, 0.05) is 34.4 Å². The molecule has 5 rings (SSSR count). The third-order valence-corrected chi connectivity index (χ3v) is 7.15. The lowest BCUT2D eigenvalue weighted by Gasteiger charge is -2.30. The zero-order valence-electron chi connectivity index (χ0n) is 19.2. The molecule has 8 nitrogen and oxygen atoms in total. The lowest BCUT2D eigenvalue weighted by atomic mass is 9.78. The van der Waals surface area contributed by atoms with E-state index in [9.17, 15) is 14.9 Å². The molecule has 2 N–H and O–H groups in total. The summed E-state index contributed by atoms with van der Waals surface area (Å²) >= 11 is 1.33. The lowest BCUT2D eigenvalue weighted by Crippen LogP contribution is -2.33. The highest BCUT2D eigenvalue weighted by Gasteiger charge is 2.34. The maximum atomic E-state index is 12.7. The first-order valence-electron chi connectivity index (χ1n) is 11.4. The van der Waals surface area contributed by atoms with Gasteiger partial charge in [-0.15, -0.1) is 11.3 Å². The van der Waals surface area contributed by atoms with Crippen LogP contribution >= 0.6 is 11.3 Å². The molecule has 0 unspecified atom stereocenters. The molecule has 1 aromatic heterocycles. The fourth-order valence-corrected chi connectivity index (χ4v) is 4.85. The van der Waals surface area contributed by atoms with E-state index in [0.717, 1.165) is 24.5 Å². The molecule has 0 saturated carbocycles. The van der Waals surface area contributed by atoms with Crippen molar-refractivity contribution in [3.05, 3.63) is 64.5 Å². The standard InChI is InChI=1S/C26H24N4O4S/c1-26(15-27)7-8-34-22-6-5-18(10-20(22)26)24(32)28-11-23(31)30-25-29-21(14-35-25)17-4-2-3-16(9-17)19-12-33-13-19/h2-6,9-10,14,19H,7-8,11-13H2,1H3,(H,28,32)(H,29,30,31)/t26-/m0/s1. The summed E-state index contributed by atoms with van der Waals surface area (Å²) in [5.74, 6) is 0.265. The summed E-state index contributed by atoms with van der Waals surface area (Å²) in [7, 11) is 0. The zero-order chi connectivity index (χ0) is 24.4. The molecule has 0 spiro atoms. The molecule has 3 aromatic rings. The number of aromatic nitrogens is 1. The Morgan fingerprint density at radius 3 is 2.89 bits per heavy atom. The van der Waals surface area contributed by atoms with E-state index < -0.39 is 11.3 Å². The molecule has 0 aliphatic carbocycles. The van der Waals surface area contributed by atoms with E-state index in [1.165, 1.54) is 16.9 Å². The molecule has 178 valence electrons. The van der Waals surface area contributed by atoms with Crippen LogP contribution in [0.25, 0.3) is 11.3 Å². The van der Waals surface area contributed by atoms with Gasteiger partial charge in [-0.25, -0.2) is 4.98 Å². The first-order chi connectivity index (χ1) is 16.9. The number of benzene rings is 2. The van der Waals surface area contributed by atoms with Crippen molar-refractivity contribution in [3.8, 4) is 23.1 Å². The molecule has 2 amide bonds. The molecule has 0 bridgehead atoms. The first kappa shape index (κ1) is 23.0. The van der Waals surface area contributed by atoms with Crippen LogP contribution in [0.3, 0.4) is 0 Å². The van der Waals surface area contributed by atoms with Crippen LogP contribution in [-0.2, 0) is 14.9 Å². The monoisotopic (exact) mass is 488 g/mol. The van der Waals surface area contributed by atoms with Crippen molar-refractivity contribution >= 4 is 28.3 Å². The number of nitrogens with one attached hydrogen (secondary N) is 2. The number of carbonyl (C=O) groups is 2. The van der Waals surface area contributed by atoms with Crippen LogP contribution in [0.2, 0.25) is 0 Å². The number of rotatable bonds is 6. The highest BCUT2D eigenvalue weighted by molar-refractivity contribution is 7.14. The molecule has 35 heavy (non-hydrogen) atoms. The number of ether oxygens (including phenoxy) is 2. The minimum Gasteiger partial charge on any atom is -0.493 e. The Bertz CT molecular complexity index is 1330. The second-order valence-corrected chi connectivity index (χ2v) is 9.74. The number of thiazole rings is 1. The number of nitrogens with zero attached hydrogens (tertiary/aromatic N) is 2. The third-order valence-electron chi connectivity index (χ3n) is 6.39. The molecule has 1 atom stereocenters. The average molecular weight is 489 g/mol. The Morgan fingerprint density at radius 2 is 2.11 bits per heavy atom. The Labute approximate surface area is 206 Å². The fourth-order valence-electron chi connectivity index (χ4n) is 4.11. The van der Waals surface area contributed by atoms with Gasteiger partial charge in [-0.2, -0.15) is 5.26 Å². The Kier molecular flexibility index (Phi) is 6.24. The number of fused-ring (bicyclic) bond motifs is 1. The second-order valence-electron chi connectivity index (χ2n) is 8.88. The number of hydrogen-bond acceptors (Lipinski definition) is 7. The van der Waals surface area contributed by atoms with Crippen molar-refractivity contribution in [3.63, 3.8) is 0 Å². The Hall–Kier alpha value is -3.74. The van der Waals surface area contributed by atoms with E-state index >= 15 is 0 Å². The maximum Gasteiger partial charge on any atom is 0.251 e. The predicted molar refractivity (Wildman–Crippen MR) is 132 cm³/mol. The summed E-state index contributed by atoms with van der Waals surface area (Å²) in [6, 6.07) is 15.5. The molecule has 2 aliphatic heterocycles. The van der Waals surface area contributed by atoms with Crippen LogP contribution < -0.4 is 15.4 Å². The van der Waals surface area contributed by atoms with Gasteiger partial charge in [0.15, 0.2) is 5.13 Å². The van der Waals surface area contributed by atoms with Crippen molar-refractivity contribution in [1.82, 2.24) is 10.3 Å². The van der Waals surface area contributed by atoms with Crippen molar-refractivity contribution < 1.29 is 19.1 Å². The van der Waals surface area contributed by atoms with Crippen molar-refractivity contribution in [2.45, 2.75) is 24.7 Å². The van der Waals surface area contributed by atoms with Gasteiger partial charge < -0.3 is 20.1 Å². The summed E-state index contributed by atoms with van der Waals surface area (Å²) in [5, 5.41) is 17.3. The second kappa shape index (κ2) is 9.49. The quantitative estimate of drug-likeness (QED) is 0.545. The van der Waals surface area contributed by atoms with E-state index in [-0.39, 0.29) is 12.5 Å². The Balaban J connectivity index is 1.19. The van der Waals surface area contributed by atoms with Gasteiger partial charge in [0.2, 0.25) is 5.91 Å². The van der Waals surface area contributed by atoms with Crippen molar-refractivity contribution in [2.24, 2.45) is 0 Å². The van der Waals surface area contributed by atoms with E-state index in [1.54, 1.807) is 18.2 Å². The molecule has 1 fully saturated rings. The normalized spacial score (nSPS) is 19.0. The third kappa shape index (κ3) is 4.76. The summed E-state index contributed by atoms with van der Waals surface area (Å²) < 4.78 is 10.9. The molecule has 9 heteroatoms. The van der Waals surface area contributed by atoms with Crippen LogP contribution in [0.5, 0.6) is 5.75 Å². The van der Waals surface area contributed by atoms with Gasteiger partial charge in [-0.1, -0.05) is 18.2 Å². The highest BCUT2D eigenvalue weighted by Crippen LogP contribution is 2.38. The first-order valence-corrected chi connectivity index (χ1v) is 12.2. The smallest absolute Gasteiger partial charge is 0.251 e. The van der Waals surface area contributed by atoms with Crippen LogP contribution in [0, 0.1) is 11.3 Å². The largest absolute Gasteiger partial charge is 0.493 e. The summed E-state index contributed by atoms with van der Waals surface area (Å²) in [6.07, 6.45) is 0.555. The van der Waals surface area contributed by atoms with E-state index in [2.05, 4.69) is 33.8 Å². The van der Waals surface area contributed by atoms with E-state index in [4.69, 9.17) is 9.47 Å². The summed E-state index contributed by atoms with van der Waals surface area (Å²) in [5.41, 5.74) is 3.34. The van der Waals surface area contributed by atoms with Gasteiger partial charge in [-0.05, 0) is 36.8 Å². The number of hydrogen-bond donors (Lipinski definition) is 2. The summed E-state index contributed by atoms with van der Waals surface area (Å²) in [6.45, 7) is 3.58.